The summed E-state index contributed by atoms with van der Waals surface area (Å²) >= 11 is 0. The minimum Gasteiger partial charge on any atom is -0.497 e. The summed E-state index contributed by atoms with van der Waals surface area (Å²) in [6.07, 6.45) is 0. The van der Waals surface area contributed by atoms with Gasteiger partial charge in [-0.15, -0.1) is 17.0 Å². The summed E-state index contributed by atoms with van der Waals surface area (Å²) in [5.74, 6) is 2.59. The van der Waals surface area contributed by atoms with Gasteiger partial charge in [-0.05, 0) is 42.0 Å². The van der Waals surface area contributed by atoms with Gasteiger partial charge in [0.1, 0.15) is 17.2 Å². The van der Waals surface area contributed by atoms with Gasteiger partial charge in [-0.1, -0.05) is 24.3 Å². The molecule has 0 radical (unpaired) electrons. The second-order valence-corrected chi connectivity index (χ2v) is 6.55. The number of hydrogen-bond acceptors (Lipinski definition) is 4. The molecule has 0 aromatic heterocycles. The number of ether oxygens (including phenoxy) is 3. The summed E-state index contributed by atoms with van der Waals surface area (Å²) in [5, 5.41) is 0. The number of rotatable bonds is 4. The number of hydrogen-bond donors (Lipinski definition) is 0. The van der Waals surface area contributed by atoms with Crippen LogP contribution in [0.2, 0.25) is 0 Å². The van der Waals surface area contributed by atoms with Crippen molar-refractivity contribution in [3.8, 4) is 17.2 Å². The maximum Gasteiger partial charge on any atom is 0.125 e. The second-order valence-electron chi connectivity index (χ2n) is 6.55. The largest absolute Gasteiger partial charge is 0.497 e. The maximum atomic E-state index is 5.75. The molecular weight excluding hydrogens is 418 g/mol. The first kappa shape index (κ1) is 20.1. The molecule has 0 saturated heterocycles. The summed E-state index contributed by atoms with van der Waals surface area (Å²) in [6.45, 7) is 0. The summed E-state index contributed by atoms with van der Waals surface area (Å²) in [6, 6.07) is 20.6. The summed E-state index contributed by atoms with van der Waals surface area (Å²) in [7, 11) is 7.21. The van der Waals surface area contributed by atoms with Crippen molar-refractivity contribution in [3.63, 3.8) is 0 Å². The number of fused-ring (bicyclic) bond motifs is 2. The van der Waals surface area contributed by atoms with Crippen molar-refractivity contribution in [2.45, 2.75) is 5.92 Å². The summed E-state index contributed by atoms with van der Waals surface area (Å²) in [4.78, 5) is 2.20. The first-order chi connectivity index (χ1) is 13.2. The van der Waals surface area contributed by atoms with Crippen LogP contribution in [0.3, 0.4) is 0 Å². The predicted octanol–water partition coefficient (Wildman–Crippen LogP) is 5.55. The van der Waals surface area contributed by atoms with Crippen LogP contribution in [0.1, 0.15) is 22.6 Å². The van der Waals surface area contributed by atoms with Crippen LogP contribution in [0.4, 0.5) is 11.4 Å². The third kappa shape index (κ3) is 3.10. The maximum absolute atomic E-state index is 5.75. The van der Waals surface area contributed by atoms with Gasteiger partial charge in [0.15, 0.2) is 0 Å². The number of anilines is 2. The van der Waals surface area contributed by atoms with Gasteiger partial charge in [-0.25, -0.2) is 0 Å². The Balaban J connectivity index is 0.00000225. The second kappa shape index (κ2) is 8.15. The first-order valence-electron chi connectivity index (χ1n) is 8.91. The van der Waals surface area contributed by atoms with Crippen molar-refractivity contribution < 1.29 is 14.2 Å². The summed E-state index contributed by atoms with van der Waals surface area (Å²) < 4.78 is 16.9. The van der Waals surface area contributed by atoms with E-state index < -0.39 is 0 Å². The smallest absolute Gasteiger partial charge is 0.125 e. The lowest BCUT2D eigenvalue weighted by Gasteiger charge is -2.37. The van der Waals surface area contributed by atoms with Gasteiger partial charge in [0.25, 0.3) is 0 Å². The third-order valence-electron chi connectivity index (χ3n) is 5.28. The fraction of sp³-hybridized carbons (Fsp3) is 0.217. The highest BCUT2D eigenvalue weighted by Gasteiger charge is 2.34. The molecule has 3 aromatic rings. The van der Waals surface area contributed by atoms with E-state index in [4.69, 9.17) is 14.2 Å². The Kier molecular flexibility index (Phi) is 5.84. The molecule has 0 bridgehead atoms. The Morgan fingerprint density at radius 1 is 0.679 bits per heavy atom. The number of halogens is 1. The van der Waals surface area contributed by atoms with Crippen LogP contribution in [0.25, 0.3) is 0 Å². The predicted molar refractivity (Wildman–Crippen MR) is 118 cm³/mol. The Morgan fingerprint density at radius 3 is 1.61 bits per heavy atom. The van der Waals surface area contributed by atoms with E-state index in [1.54, 1.807) is 21.3 Å². The SMILES string of the molecule is Br.COc1ccc(C2c3c(OC)cccc3N(C)c3cccc(OC)c32)cc1. The molecule has 28 heavy (non-hydrogen) atoms. The third-order valence-corrected chi connectivity index (χ3v) is 5.28. The molecule has 1 aliphatic rings. The van der Waals surface area contributed by atoms with E-state index in [1.165, 1.54) is 5.56 Å². The molecular formula is C23H24BrNO3. The van der Waals surface area contributed by atoms with Gasteiger partial charge < -0.3 is 19.1 Å². The minimum atomic E-state index is 0. The Labute approximate surface area is 176 Å². The molecule has 1 heterocycles. The lowest BCUT2D eigenvalue weighted by molar-refractivity contribution is 0.401. The van der Waals surface area contributed by atoms with Crippen LogP contribution >= 0.6 is 17.0 Å². The highest BCUT2D eigenvalue weighted by atomic mass is 79.9. The molecule has 0 aliphatic carbocycles. The van der Waals surface area contributed by atoms with E-state index in [2.05, 4.69) is 36.2 Å². The zero-order valence-corrected chi connectivity index (χ0v) is 18.1. The van der Waals surface area contributed by atoms with Crippen molar-refractivity contribution in [2.24, 2.45) is 0 Å². The van der Waals surface area contributed by atoms with E-state index in [0.29, 0.717) is 0 Å². The molecule has 1 aliphatic heterocycles. The number of benzene rings is 3. The molecule has 0 unspecified atom stereocenters. The Morgan fingerprint density at radius 2 is 1.18 bits per heavy atom. The minimum absolute atomic E-state index is 0. The zero-order chi connectivity index (χ0) is 19.0. The molecule has 0 amide bonds. The standard InChI is InChI=1S/C23H23NO3.BrH/c1-24-17-7-5-9-19(26-3)22(17)21(15-11-13-16(25-2)14-12-15)23-18(24)8-6-10-20(23)27-4;/h5-14,21H,1-4H3;1H. The average Bonchev–Trinajstić information content (AvgIpc) is 2.73. The van der Waals surface area contributed by atoms with Crippen LogP contribution in [0.5, 0.6) is 17.2 Å². The summed E-state index contributed by atoms with van der Waals surface area (Å²) in [5.41, 5.74) is 5.72. The van der Waals surface area contributed by atoms with Crippen LogP contribution in [0.15, 0.2) is 60.7 Å². The topological polar surface area (TPSA) is 30.9 Å². The van der Waals surface area contributed by atoms with Gasteiger partial charge in [-0.3, -0.25) is 0 Å². The molecule has 0 fully saturated rings. The molecule has 4 rings (SSSR count). The van der Waals surface area contributed by atoms with E-state index in [1.807, 2.05) is 36.4 Å². The van der Waals surface area contributed by atoms with Crippen LogP contribution in [-0.4, -0.2) is 28.4 Å². The fourth-order valence-corrected chi connectivity index (χ4v) is 3.99. The van der Waals surface area contributed by atoms with Crippen molar-refractivity contribution >= 4 is 28.4 Å². The normalized spacial score (nSPS) is 12.5. The van der Waals surface area contributed by atoms with E-state index >= 15 is 0 Å². The molecule has 4 nitrogen and oxygen atoms in total. The van der Waals surface area contributed by atoms with Gasteiger partial charge in [0, 0.05) is 35.5 Å². The zero-order valence-electron chi connectivity index (χ0n) is 16.4. The van der Waals surface area contributed by atoms with Crippen molar-refractivity contribution in [1.29, 1.82) is 0 Å². The van der Waals surface area contributed by atoms with Gasteiger partial charge >= 0.3 is 0 Å². The molecule has 0 N–H and O–H groups in total. The molecule has 146 valence electrons. The lowest BCUT2D eigenvalue weighted by atomic mass is 9.79. The highest BCUT2D eigenvalue weighted by molar-refractivity contribution is 8.93. The van der Waals surface area contributed by atoms with Crippen molar-refractivity contribution in [2.75, 3.05) is 33.3 Å². The molecule has 0 atom stereocenters. The number of methoxy groups -OCH3 is 3. The van der Waals surface area contributed by atoms with Crippen LogP contribution in [0, 0.1) is 0 Å². The quantitative estimate of drug-likeness (QED) is 0.530. The van der Waals surface area contributed by atoms with Crippen LogP contribution in [-0.2, 0) is 0 Å². The average molecular weight is 442 g/mol. The van der Waals surface area contributed by atoms with Crippen LogP contribution < -0.4 is 19.1 Å². The van der Waals surface area contributed by atoms with Gasteiger partial charge in [-0.2, -0.15) is 0 Å². The molecule has 0 saturated carbocycles. The van der Waals surface area contributed by atoms with E-state index in [-0.39, 0.29) is 22.9 Å². The van der Waals surface area contributed by atoms with Crippen molar-refractivity contribution in [3.05, 3.63) is 77.4 Å². The van der Waals surface area contributed by atoms with E-state index in [9.17, 15) is 0 Å². The van der Waals surface area contributed by atoms with Crippen molar-refractivity contribution in [1.82, 2.24) is 0 Å². The fourth-order valence-electron chi connectivity index (χ4n) is 3.99. The van der Waals surface area contributed by atoms with Gasteiger partial charge in [0.05, 0.1) is 21.3 Å². The Bertz CT molecular complexity index is 917. The van der Waals surface area contributed by atoms with E-state index in [0.717, 1.165) is 39.8 Å². The molecule has 0 spiro atoms. The first-order valence-corrected chi connectivity index (χ1v) is 8.91. The Hall–Kier alpha value is -2.66. The molecule has 3 aromatic carbocycles. The van der Waals surface area contributed by atoms with Gasteiger partial charge in [0.2, 0.25) is 0 Å². The number of nitrogens with zero attached hydrogens (tertiary/aromatic N) is 1. The monoisotopic (exact) mass is 441 g/mol. The lowest BCUT2D eigenvalue weighted by Crippen LogP contribution is -2.23. The molecule has 5 heteroatoms. The highest BCUT2D eigenvalue weighted by Crippen LogP contribution is 2.53.